The molecule has 1 saturated carbocycles. The summed E-state index contributed by atoms with van der Waals surface area (Å²) in [5, 5.41) is 0. The zero-order valence-electron chi connectivity index (χ0n) is 9.59. The van der Waals surface area contributed by atoms with Gasteiger partial charge in [0.05, 0.1) is 12.7 Å². The highest BCUT2D eigenvalue weighted by atomic mass is 32.1. The maximum atomic E-state index is 5.88. The van der Waals surface area contributed by atoms with Gasteiger partial charge in [0.2, 0.25) is 0 Å². The zero-order chi connectivity index (χ0) is 10.4. The van der Waals surface area contributed by atoms with Crippen molar-refractivity contribution in [1.29, 1.82) is 0 Å². The van der Waals surface area contributed by atoms with Crippen LogP contribution in [0.15, 0.2) is 0 Å². The molecule has 1 nitrogen and oxygen atoms in total. The lowest BCUT2D eigenvalue weighted by molar-refractivity contribution is -0.00838. The van der Waals surface area contributed by atoms with Gasteiger partial charge in [-0.05, 0) is 31.9 Å². The highest BCUT2D eigenvalue weighted by Gasteiger charge is 2.31. The molecule has 0 heterocycles. The van der Waals surface area contributed by atoms with Crippen molar-refractivity contribution in [1.82, 2.24) is 0 Å². The highest BCUT2D eigenvalue weighted by Crippen LogP contribution is 2.37. The van der Waals surface area contributed by atoms with Crippen LogP contribution in [-0.2, 0) is 4.74 Å². The van der Waals surface area contributed by atoms with E-state index in [9.17, 15) is 0 Å². The summed E-state index contributed by atoms with van der Waals surface area (Å²) in [5.74, 6) is 0.990. The molecule has 2 heteroatoms. The third kappa shape index (κ3) is 3.47. The van der Waals surface area contributed by atoms with Crippen molar-refractivity contribution in [3.8, 4) is 0 Å². The van der Waals surface area contributed by atoms with Crippen LogP contribution in [0.5, 0.6) is 0 Å². The Balaban J connectivity index is 2.36. The molecule has 0 amide bonds. The van der Waals surface area contributed by atoms with Crippen LogP contribution in [0.2, 0.25) is 0 Å². The molecule has 0 radical (unpaired) electrons. The minimum Gasteiger partial charge on any atom is -0.378 e. The Kier molecular flexibility index (Phi) is 5.32. The normalized spacial score (nSPS) is 23.4. The van der Waals surface area contributed by atoms with Gasteiger partial charge in [-0.3, -0.25) is 0 Å². The van der Waals surface area contributed by atoms with Gasteiger partial charge < -0.3 is 4.74 Å². The van der Waals surface area contributed by atoms with E-state index in [0.717, 1.165) is 18.8 Å². The van der Waals surface area contributed by atoms with Gasteiger partial charge in [0, 0.05) is 5.41 Å². The number of hydrogen-bond donors (Lipinski definition) is 1. The van der Waals surface area contributed by atoms with Crippen molar-refractivity contribution in [3.63, 3.8) is 0 Å². The number of rotatable bonds is 5. The van der Waals surface area contributed by atoms with Crippen LogP contribution < -0.4 is 0 Å². The first-order valence-electron chi connectivity index (χ1n) is 5.95. The Bertz CT molecular complexity index is 152. The Morgan fingerprint density at radius 2 is 1.93 bits per heavy atom. The Morgan fingerprint density at radius 3 is 2.43 bits per heavy atom. The quantitative estimate of drug-likeness (QED) is 0.690. The number of hydrogen-bond acceptors (Lipinski definition) is 2. The van der Waals surface area contributed by atoms with Crippen molar-refractivity contribution in [2.24, 2.45) is 5.41 Å². The van der Waals surface area contributed by atoms with Crippen LogP contribution in [0.1, 0.15) is 52.4 Å². The minimum atomic E-state index is 0.394. The van der Waals surface area contributed by atoms with Crippen LogP contribution in [0, 0.1) is 5.41 Å². The maximum Gasteiger partial charge on any atom is 0.0544 e. The smallest absolute Gasteiger partial charge is 0.0544 e. The summed E-state index contributed by atoms with van der Waals surface area (Å²) in [5.41, 5.74) is 0.394. The molecule has 0 aromatic rings. The van der Waals surface area contributed by atoms with E-state index in [1.807, 2.05) is 0 Å². The van der Waals surface area contributed by atoms with Crippen molar-refractivity contribution in [2.45, 2.75) is 58.5 Å². The van der Waals surface area contributed by atoms with Gasteiger partial charge in [-0.15, -0.1) is 0 Å². The molecular weight excluding hydrogens is 192 g/mol. The highest BCUT2D eigenvalue weighted by molar-refractivity contribution is 7.80. The fraction of sp³-hybridized carbons (Fsp3) is 1.00. The SMILES string of the molecule is CCC(C)OCC1(CS)CCCCC1. The van der Waals surface area contributed by atoms with Crippen molar-refractivity contribution in [2.75, 3.05) is 12.4 Å². The summed E-state index contributed by atoms with van der Waals surface area (Å²) in [4.78, 5) is 0. The lowest BCUT2D eigenvalue weighted by Crippen LogP contribution is -2.33. The molecule has 0 aromatic carbocycles. The van der Waals surface area contributed by atoms with Crippen molar-refractivity contribution < 1.29 is 4.74 Å². The van der Waals surface area contributed by atoms with Crippen LogP contribution in [-0.4, -0.2) is 18.5 Å². The number of ether oxygens (including phenoxy) is 1. The monoisotopic (exact) mass is 216 g/mol. The van der Waals surface area contributed by atoms with E-state index in [-0.39, 0.29) is 0 Å². The van der Waals surface area contributed by atoms with Crippen LogP contribution in [0.4, 0.5) is 0 Å². The standard InChI is InChI=1S/C12H24OS/c1-3-11(2)13-9-12(10-14)7-5-4-6-8-12/h11,14H,3-10H2,1-2H3. The van der Waals surface area contributed by atoms with E-state index in [0.29, 0.717) is 11.5 Å². The number of thiol groups is 1. The Morgan fingerprint density at radius 1 is 1.29 bits per heavy atom. The van der Waals surface area contributed by atoms with Gasteiger partial charge in [0.25, 0.3) is 0 Å². The van der Waals surface area contributed by atoms with E-state index in [1.165, 1.54) is 32.1 Å². The van der Waals surface area contributed by atoms with E-state index in [2.05, 4.69) is 26.5 Å². The third-order valence-electron chi connectivity index (χ3n) is 3.50. The Labute approximate surface area is 94.0 Å². The molecule has 1 fully saturated rings. The second-order valence-electron chi connectivity index (χ2n) is 4.75. The first-order chi connectivity index (χ1) is 6.72. The predicted molar refractivity (Wildman–Crippen MR) is 65.1 cm³/mol. The predicted octanol–water partition coefficient (Wildman–Crippen LogP) is 3.68. The molecule has 0 N–H and O–H groups in total. The largest absolute Gasteiger partial charge is 0.378 e. The second-order valence-corrected chi connectivity index (χ2v) is 5.06. The lowest BCUT2D eigenvalue weighted by Gasteiger charge is -2.36. The molecule has 0 saturated heterocycles. The van der Waals surface area contributed by atoms with Gasteiger partial charge in [-0.2, -0.15) is 12.6 Å². The molecule has 84 valence electrons. The first-order valence-corrected chi connectivity index (χ1v) is 6.58. The second kappa shape index (κ2) is 6.02. The topological polar surface area (TPSA) is 9.23 Å². The molecule has 1 rings (SSSR count). The molecular formula is C12H24OS. The minimum absolute atomic E-state index is 0.394. The van der Waals surface area contributed by atoms with Crippen LogP contribution in [0.25, 0.3) is 0 Å². The molecule has 14 heavy (non-hydrogen) atoms. The van der Waals surface area contributed by atoms with Crippen LogP contribution >= 0.6 is 12.6 Å². The summed E-state index contributed by atoms with van der Waals surface area (Å²) >= 11 is 4.50. The van der Waals surface area contributed by atoms with Gasteiger partial charge in [-0.25, -0.2) is 0 Å². The summed E-state index contributed by atoms with van der Waals surface area (Å²) in [6.07, 6.45) is 8.28. The summed E-state index contributed by atoms with van der Waals surface area (Å²) < 4.78 is 5.88. The summed E-state index contributed by atoms with van der Waals surface area (Å²) in [7, 11) is 0. The molecule has 1 atom stereocenters. The van der Waals surface area contributed by atoms with Gasteiger partial charge in [0.1, 0.15) is 0 Å². The Hall–Kier alpha value is 0.310. The van der Waals surface area contributed by atoms with E-state index in [4.69, 9.17) is 4.74 Å². The average molecular weight is 216 g/mol. The third-order valence-corrected chi connectivity index (χ3v) is 4.17. The van der Waals surface area contributed by atoms with E-state index < -0.39 is 0 Å². The molecule has 0 spiro atoms. The van der Waals surface area contributed by atoms with Crippen molar-refractivity contribution in [3.05, 3.63) is 0 Å². The molecule has 1 aliphatic rings. The summed E-state index contributed by atoms with van der Waals surface area (Å²) in [6, 6.07) is 0. The zero-order valence-corrected chi connectivity index (χ0v) is 10.5. The van der Waals surface area contributed by atoms with E-state index >= 15 is 0 Å². The molecule has 1 unspecified atom stereocenters. The molecule has 0 bridgehead atoms. The molecule has 0 aromatic heterocycles. The van der Waals surface area contributed by atoms with E-state index in [1.54, 1.807) is 0 Å². The van der Waals surface area contributed by atoms with Gasteiger partial charge in [0.15, 0.2) is 0 Å². The first kappa shape index (κ1) is 12.4. The average Bonchev–Trinajstić information content (AvgIpc) is 2.27. The van der Waals surface area contributed by atoms with Gasteiger partial charge in [-0.1, -0.05) is 26.2 Å². The molecule has 0 aliphatic heterocycles. The van der Waals surface area contributed by atoms with Crippen molar-refractivity contribution >= 4 is 12.6 Å². The maximum absolute atomic E-state index is 5.88. The lowest BCUT2D eigenvalue weighted by atomic mass is 9.76. The van der Waals surface area contributed by atoms with Crippen LogP contribution in [0.3, 0.4) is 0 Å². The fourth-order valence-corrected chi connectivity index (χ4v) is 2.49. The van der Waals surface area contributed by atoms with Gasteiger partial charge >= 0.3 is 0 Å². The summed E-state index contributed by atoms with van der Waals surface area (Å²) in [6.45, 7) is 5.26. The molecule has 1 aliphatic carbocycles. The fourth-order valence-electron chi connectivity index (χ4n) is 2.09.